The normalized spacial score (nSPS) is 16.0. The summed E-state index contributed by atoms with van der Waals surface area (Å²) in [5.41, 5.74) is 1.76. The average molecular weight is 641 g/mol. The first-order valence-corrected chi connectivity index (χ1v) is 16.6. The standard InChI is InChI=1S/C29H29ClN6O5S2/c1-35-11-10-31-27(35)19-2-4-20(5-3-19)28(38)33-24-8-7-22(42-18-26(37)36-12-14-43(40,41)15-13-36)16-23(24)29(39)34-25-9-6-21(30)17-32-25/h2-9,16-17H,10-15,18H2,1H3,(H,33,38)(H,32,34,39). The van der Waals surface area contributed by atoms with Gasteiger partial charge in [0.25, 0.3) is 11.8 Å². The Labute approximate surface area is 258 Å². The highest BCUT2D eigenvalue weighted by molar-refractivity contribution is 8.00. The Hall–Kier alpha value is -3.94. The van der Waals surface area contributed by atoms with E-state index in [0.29, 0.717) is 15.5 Å². The molecule has 5 rings (SSSR count). The fourth-order valence-corrected chi connectivity index (χ4v) is 6.70. The Kier molecular flexibility index (Phi) is 9.33. The molecule has 3 amide bonds. The van der Waals surface area contributed by atoms with E-state index in [1.54, 1.807) is 42.5 Å². The second-order valence-electron chi connectivity index (χ2n) is 10.0. The Morgan fingerprint density at radius 3 is 2.35 bits per heavy atom. The van der Waals surface area contributed by atoms with Crippen LogP contribution >= 0.6 is 23.4 Å². The maximum Gasteiger partial charge on any atom is 0.258 e. The number of sulfone groups is 1. The minimum absolute atomic E-state index is 0.0462. The van der Waals surface area contributed by atoms with Crippen LogP contribution in [0.2, 0.25) is 5.02 Å². The predicted molar refractivity (Wildman–Crippen MR) is 168 cm³/mol. The van der Waals surface area contributed by atoms with Gasteiger partial charge in [-0.15, -0.1) is 11.8 Å². The number of anilines is 2. The van der Waals surface area contributed by atoms with Gasteiger partial charge in [0.05, 0.1) is 40.1 Å². The van der Waals surface area contributed by atoms with E-state index in [0.717, 1.165) is 24.5 Å². The number of rotatable bonds is 8. The Bertz CT molecular complexity index is 1670. The fraction of sp³-hybridized carbons (Fsp3) is 0.276. The van der Waals surface area contributed by atoms with Crippen LogP contribution in [-0.4, -0.2) is 97.2 Å². The van der Waals surface area contributed by atoms with E-state index in [9.17, 15) is 22.8 Å². The van der Waals surface area contributed by atoms with Gasteiger partial charge < -0.3 is 20.4 Å². The highest BCUT2D eigenvalue weighted by atomic mass is 35.5. The number of hydrogen-bond acceptors (Lipinski definition) is 9. The van der Waals surface area contributed by atoms with Gasteiger partial charge in [-0.2, -0.15) is 0 Å². The van der Waals surface area contributed by atoms with E-state index in [2.05, 4.69) is 25.5 Å². The Morgan fingerprint density at radius 2 is 1.70 bits per heavy atom. The summed E-state index contributed by atoms with van der Waals surface area (Å²) < 4.78 is 23.4. The molecule has 43 heavy (non-hydrogen) atoms. The number of carbonyl (C=O) groups excluding carboxylic acids is 3. The molecule has 2 aliphatic rings. The zero-order valence-electron chi connectivity index (χ0n) is 23.2. The molecule has 0 bridgehead atoms. The van der Waals surface area contributed by atoms with Crippen LogP contribution in [0.15, 0.2) is 70.7 Å². The van der Waals surface area contributed by atoms with Crippen LogP contribution in [0.3, 0.4) is 0 Å². The molecule has 0 radical (unpaired) electrons. The molecule has 3 aromatic rings. The van der Waals surface area contributed by atoms with Gasteiger partial charge in [0.2, 0.25) is 5.91 Å². The van der Waals surface area contributed by atoms with Crippen molar-refractivity contribution in [2.24, 2.45) is 4.99 Å². The first-order valence-electron chi connectivity index (χ1n) is 13.4. The van der Waals surface area contributed by atoms with Crippen molar-refractivity contribution in [3.63, 3.8) is 0 Å². The van der Waals surface area contributed by atoms with Crippen molar-refractivity contribution < 1.29 is 22.8 Å². The van der Waals surface area contributed by atoms with E-state index < -0.39 is 21.7 Å². The molecule has 0 saturated carbocycles. The molecule has 1 fully saturated rings. The minimum Gasteiger partial charge on any atom is -0.358 e. The monoisotopic (exact) mass is 640 g/mol. The van der Waals surface area contributed by atoms with Crippen molar-refractivity contribution in [2.45, 2.75) is 4.90 Å². The number of halogens is 1. The molecule has 11 nitrogen and oxygen atoms in total. The predicted octanol–water partition coefficient (Wildman–Crippen LogP) is 3.28. The molecule has 0 atom stereocenters. The number of amides is 3. The number of carbonyl (C=O) groups is 3. The van der Waals surface area contributed by atoms with Gasteiger partial charge in [0.15, 0.2) is 9.84 Å². The lowest BCUT2D eigenvalue weighted by Crippen LogP contribution is -2.44. The number of thioether (sulfide) groups is 1. The number of hydrogen-bond donors (Lipinski definition) is 2. The third kappa shape index (κ3) is 7.72. The SMILES string of the molecule is CN1CCN=C1c1ccc(C(=O)Nc2ccc(SCC(=O)N3CCS(=O)(=O)CC3)cc2C(=O)Nc2ccc(Cl)cn2)cc1. The van der Waals surface area contributed by atoms with Gasteiger partial charge in [-0.25, -0.2) is 13.4 Å². The molecular weight excluding hydrogens is 612 g/mol. The number of amidine groups is 1. The molecule has 0 spiro atoms. The number of aromatic nitrogens is 1. The molecule has 0 unspecified atom stereocenters. The summed E-state index contributed by atoms with van der Waals surface area (Å²) >= 11 is 7.13. The van der Waals surface area contributed by atoms with Crippen LogP contribution in [0.25, 0.3) is 0 Å². The first kappa shape index (κ1) is 30.5. The number of nitrogens with zero attached hydrogens (tertiary/aromatic N) is 4. The molecule has 3 heterocycles. The van der Waals surface area contributed by atoms with Gasteiger partial charge >= 0.3 is 0 Å². The molecule has 2 aromatic carbocycles. The van der Waals surface area contributed by atoms with E-state index >= 15 is 0 Å². The van der Waals surface area contributed by atoms with Crippen LogP contribution in [0.5, 0.6) is 0 Å². The van der Waals surface area contributed by atoms with Crippen LogP contribution in [0, 0.1) is 0 Å². The van der Waals surface area contributed by atoms with E-state index in [1.165, 1.54) is 22.9 Å². The molecular formula is C29H29ClN6O5S2. The lowest BCUT2D eigenvalue weighted by Gasteiger charge is -2.26. The largest absolute Gasteiger partial charge is 0.358 e. The smallest absolute Gasteiger partial charge is 0.258 e. The van der Waals surface area contributed by atoms with Crippen molar-refractivity contribution >= 4 is 68.3 Å². The van der Waals surface area contributed by atoms with Gasteiger partial charge in [0.1, 0.15) is 11.7 Å². The third-order valence-electron chi connectivity index (χ3n) is 6.98. The van der Waals surface area contributed by atoms with Gasteiger partial charge in [-0.1, -0.05) is 23.7 Å². The number of pyridine rings is 1. The zero-order chi connectivity index (χ0) is 30.6. The summed E-state index contributed by atoms with van der Waals surface area (Å²) in [5.74, 6) is 0.0181. The van der Waals surface area contributed by atoms with Crippen LogP contribution in [-0.2, 0) is 14.6 Å². The number of likely N-dealkylation sites (N-methyl/N-ethyl adjacent to an activating group) is 1. The summed E-state index contributed by atoms with van der Waals surface area (Å²) in [6.07, 6.45) is 1.40. The topological polar surface area (TPSA) is 141 Å². The van der Waals surface area contributed by atoms with Crippen LogP contribution < -0.4 is 10.6 Å². The highest BCUT2D eigenvalue weighted by Gasteiger charge is 2.25. The maximum absolute atomic E-state index is 13.4. The van der Waals surface area contributed by atoms with Crippen molar-refractivity contribution in [1.29, 1.82) is 0 Å². The molecule has 224 valence electrons. The van der Waals surface area contributed by atoms with Crippen LogP contribution in [0.1, 0.15) is 26.3 Å². The van der Waals surface area contributed by atoms with Crippen molar-refractivity contribution in [3.05, 3.63) is 82.5 Å². The van der Waals surface area contributed by atoms with E-state index in [4.69, 9.17) is 11.6 Å². The highest BCUT2D eigenvalue weighted by Crippen LogP contribution is 2.27. The lowest BCUT2D eigenvalue weighted by molar-refractivity contribution is -0.128. The molecule has 14 heteroatoms. The zero-order valence-corrected chi connectivity index (χ0v) is 25.6. The molecule has 1 saturated heterocycles. The number of benzene rings is 2. The maximum atomic E-state index is 13.4. The molecule has 2 N–H and O–H groups in total. The number of nitrogens with one attached hydrogen (secondary N) is 2. The quantitative estimate of drug-likeness (QED) is 0.358. The first-order chi connectivity index (χ1) is 20.6. The lowest BCUT2D eigenvalue weighted by atomic mass is 10.1. The van der Waals surface area contributed by atoms with Crippen molar-refractivity contribution in [1.82, 2.24) is 14.8 Å². The summed E-state index contributed by atoms with van der Waals surface area (Å²) in [6, 6.07) is 15.2. The summed E-state index contributed by atoms with van der Waals surface area (Å²) in [4.78, 5) is 52.1. The third-order valence-corrected chi connectivity index (χ3v) is 9.79. The summed E-state index contributed by atoms with van der Waals surface area (Å²) in [6.45, 7) is 1.91. The van der Waals surface area contributed by atoms with Crippen LogP contribution in [0.4, 0.5) is 11.5 Å². The van der Waals surface area contributed by atoms with E-state index in [-0.39, 0.29) is 53.3 Å². The summed E-state index contributed by atoms with van der Waals surface area (Å²) in [7, 11) is -1.13. The number of aliphatic imine (C=N–C) groups is 1. The Morgan fingerprint density at radius 1 is 0.953 bits per heavy atom. The molecule has 2 aliphatic heterocycles. The van der Waals surface area contributed by atoms with Gasteiger partial charge in [-0.3, -0.25) is 19.4 Å². The minimum atomic E-state index is -3.10. The molecule has 0 aliphatic carbocycles. The van der Waals surface area contributed by atoms with Crippen molar-refractivity contribution in [2.75, 3.05) is 61.1 Å². The second-order valence-corrected chi connectivity index (χ2v) is 13.8. The Balaban J connectivity index is 1.32. The van der Waals surface area contributed by atoms with Gasteiger partial charge in [0, 0.05) is 48.9 Å². The average Bonchev–Trinajstić information content (AvgIpc) is 3.43. The second kappa shape index (κ2) is 13.1. The van der Waals surface area contributed by atoms with Crippen molar-refractivity contribution in [3.8, 4) is 0 Å². The van der Waals surface area contributed by atoms with E-state index in [1.807, 2.05) is 19.2 Å². The van der Waals surface area contributed by atoms with Gasteiger partial charge in [-0.05, 0) is 42.5 Å². The fourth-order valence-electron chi connectivity index (χ4n) is 4.55. The summed E-state index contributed by atoms with van der Waals surface area (Å²) in [5, 5.41) is 5.96. The molecule has 1 aromatic heterocycles.